The molecule has 0 aliphatic carbocycles. The summed E-state index contributed by atoms with van der Waals surface area (Å²) in [4.78, 5) is 14.2. The molecular formula is C15H22N4O2. The fraction of sp³-hybridized carbons (Fsp3) is 0.467. The number of hydrogen-bond donors (Lipinski definition) is 3. The highest BCUT2D eigenvalue weighted by molar-refractivity contribution is 6.05. The van der Waals surface area contributed by atoms with Gasteiger partial charge in [0, 0.05) is 18.7 Å². The second kappa shape index (κ2) is 6.97. The Labute approximate surface area is 124 Å². The van der Waals surface area contributed by atoms with Crippen LogP contribution in [0.5, 0.6) is 5.75 Å². The maximum absolute atomic E-state index is 12.4. The van der Waals surface area contributed by atoms with Crippen LogP contribution in [-0.4, -0.2) is 37.0 Å². The predicted octanol–water partition coefficient (Wildman–Crippen LogP) is 2.39. The van der Waals surface area contributed by atoms with Gasteiger partial charge in [0.15, 0.2) is 0 Å². The van der Waals surface area contributed by atoms with E-state index in [1.165, 1.54) is 7.11 Å². The van der Waals surface area contributed by atoms with Gasteiger partial charge in [-0.25, -0.2) is 4.79 Å². The van der Waals surface area contributed by atoms with Gasteiger partial charge in [0.1, 0.15) is 11.6 Å². The molecule has 0 spiro atoms. The molecule has 2 amide bonds. The molecule has 1 fully saturated rings. The van der Waals surface area contributed by atoms with E-state index in [1.807, 2.05) is 4.90 Å². The van der Waals surface area contributed by atoms with E-state index in [0.29, 0.717) is 17.0 Å². The maximum atomic E-state index is 12.4. The highest BCUT2D eigenvalue weighted by atomic mass is 16.5. The summed E-state index contributed by atoms with van der Waals surface area (Å²) in [7, 11) is 1.53. The summed E-state index contributed by atoms with van der Waals surface area (Å²) >= 11 is 0. The number of nitrogens with one attached hydrogen (secondary N) is 2. The number of rotatable bonds is 3. The summed E-state index contributed by atoms with van der Waals surface area (Å²) in [6, 6.07) is 5.02. The van der Waals surface area contributed by atoms with Crippen molar-refractivity contribution in [2.45, 2.75) is 25.7 Å². The topological polar surface area (TPSA) is 91.4 Å². The number of amides is 2. The third kappa shape index (κ3) is 3.65. The lowest BCUT2D eigenvalue weighted by Gasteiger charge is -2.22. The molecule has 0 saturated carbocycles. The molecule has 114 valence electrons. The molecule has 4 N–H and O–H groups in total. The second-order valence-electron chi connectivity index (χ2n) is 5.13. The Hall–Kier alpha value is -2.24. The van der Waals surface area contributed by atoms with Crippen LogP contribution in [-0.2, 0) is 0 Å². The lowest BCUT2D eigenvalue weighted by atomic mass is 10.1. The molecule has 1 saturated heterocycles. The summed E-state index contributed by atoms with van der Waals surface area (Å²) in [5, 5.41) is 10.5. The van der Waals surface area contributed by atoms with Crippen LogP contribution in [0.25, 0.3) is 0 Å². The number of para-hydroxylation sites is 1. The average Bonchev–Trinajstić information content (AvgIpc) is 2.76. The summed E-state index contributed by atoms with van der Waals surface area (Å²) in [6.07, 6.45) is 4.38. The van der Waals surface area contributed by atoms with Crippen LogP contribution in [0.4, 0.5) is 10.5 Å². The van der Waals surface area contributed by atoms with Crippen molar-refractivity contribution in [3.05, 3.63) is 23.8 Å². The Morgan fingerprint density at radius 2 is 1.95 bits per heavy atom. The Morgan fingerprint density at radius 1 is 1.29 bits per heavy atom. The number of benzene rings is 1. The zero-order valence-corrected chi connectivity index (χ0v) is 12.3. The Balaban J connectivity index is 2.21. The molecule has 1 heterocycles. The Morgan fingerprint density at radius 3 is 2.52 bits per heavy atom. The molecule has 21 heavy (non-hydrogen) atoms. The van der Waals surface area contributed by atoms with Gasteiger partial charge in [-0.2, -0.15) is 0 Å². The largest absolute Gasteiger partial charge is 0.495 e. The molecular weight excluding hydrogens is 268 g/mol. The minimum Gasteiger partial charge on any atom is -0.495 e. The van der Waals surface area contributed by atoms with Gasteiger partial charge in [0.25, 0.3) is 0 Å². The lowest BCUT2D eigenvalue weighted by molar-refractivity contribution is 0.213. The molecule has 6 heteroatoms. The number of nitrogens with two attached hydrogens (primary N) is 1. The smallest absolute Gasteiger partial charge is 0.321 e. The molecule has 1 aliphatic heterocycles. The van der Waals surface area contributed by atoms with Crippen molar-refractivity contribution in [1.82, 2.24) is 4.90 Å². The molecule has 2 rings (SSSR count). The fourth-order valence-electron chi connectivity index (χ4n) is 2.51. The van der Waals surface area contributed by atoms with Gasteiger partial charge in [0.2, 0.25) is 0 Å². The molecule has 0 aromatic heterocycles. The molecule has 0 bridgehead atoms. The lowest BCUT2D eigenvalue weighted by Crippen LogP contribution is -2.36. The zero-order chi connectivity index (χ0) is 15.2. The van der Waals surface area contributed by atoms with E-state index in [-0.39, 0.29) is 11.9 Å². The molecule has 1 aliphatic rings. The number of anilines is 1. The fourth-order valence-corrected chi connectivity index (χ4v) is 2.51. The first kappa shape index (κ1) is 15.2. The van der Waals surface area contributed by atoms with Crippen molar-refractivity contribution in [3.8, 4) is 5.75 Å². The van der Waals surface area contributed by atoms with Gasteiger partial charge >= 0.3 is 6.03 Å². The van der Waals surface area contributed by atoms with Crippen LogP contribution in [0.2, 0.25) is 0 Å². The molecule has 0 unspecified atom stereocenters. The number of likely N-dealkylation sites (tertiary alicyclic amines) is 1. The van der Waals surface area contributed by atoms with Gasteiger partial charge < -0.3 is 20.7 Å². The van der Waals surface area contributed by atoms with Crippen LogP contribution in [0.3, 0.4) is 0 Å². The number of carbonyl (C=O) groups excluding carboxylic acids is 1. The predicted molar refractivity (Wildman–Crippen MR) is 83.1 cm³/mol. The molecule has 1 aromatic carbocycles. The van der Waals surface area contributed by atoms with Gasteiger partial charge in [-0.15, -0.1) is 0 Å². The van der Waals surface area contributed by atoms with Crippen LogP contribution in [0, 0.1) is 5.41 Å². The number of ether oxygens (including phenoxy) is 1. The number of carbonyl (C=O) groups is 1. The van der Waals surface area contributed by atoms with E-state index in [0.717, 1.165) is 38.8 Å². The van der Waals surface area contributed by atoms with Crippen LogP contribution in [0.15, 0.2) is 18.2 Å². The maximum Gasteiger partial charge on any atom is 0.321 e. The van der Waals surface area contributed by atoms with Gasteiger partial charge in [0.05, 0.1) is 12.8 Å². The minimum absolute atomic E-state index is 0.0972. The number of urea groups is 1. The first-order chi connectivity index (χ1) is 10.1. The van der Waals surface area contributed by atoms with E-state index in [2.05, 4.69) is 5.32 Å². The van der Waals surface area contributed by atoms with E-state index < -0.39 is 0 Å². The van der Waals surface area contributed by atoms with Crippen molar-refractivity contribution in [2.24, 2.45) is 5.73 Å². The third-order valence-corrected chi connectivity index (χ3v) is 3.66. The highest BCUT2D eigenvalue weighted by Crippen LogP contribution is 2.28. The first-order valence-electron chi connectivity index (χ1n) is 7.21. The normalized spacial score (nSPS) is 15.2. The number of hydrogen-bond acceptors (Lipinski definition) is 3. The van der Waals surface area contributed by atoms with Gasteiger partial charge in [-0.05, 0) is 25.0 Å². The third-order valence-electron chi connectivity index (χ3n) is 3.66. The van der Waals surface area contributed by atoms with Crippen molar-refractivity contribution < 1.29 is 9.53 Å². The summed E-state index contributed by atoms with van der Waals surface area (Å²) < 4.78 is 5.26. The monoisotopic (exact) mass is 290 g/mol. The SMILES string of the molecule is COc1cccc(C(=N)N)c1NC(=O)N1CCCCCC1. The molecule has 6 nitrogen and oxygen atoms in total. The standard InChI is InChI=1S/C15H22N4O2/c1-21-12-8-6-7-11(14(16)17)13(12)18-15(20)19-9-4-2-3-5-10-19/h6-8H,2-5,9-10H2,1H3,(H3,16,17)(H,18,20). The van der Waals surface area contributed by atoms with Crippen molar-refractivity contribution >= 4 is 17.6 Å². The quantitative estimate of drug-likeness (QED) is 0.589. The van der Waals surface area contributed by atoms with Crippen LogP contribution >= 0.6 is 0 Å². The van der Waals surface area contributed by atoms with Crippen LogP contribution in [0.1, 0.15) is 31.2 Å². The number of amidine groups is 1. The molecule has 1 aromatic rings. The van der Waals surface area contributed by atoms with E-state index in [9.17, 15) is 4.79 Å². The van der Waals surface area contributed by atoms with Gasteiger partial charge in [-0.1, -0.05) is 18.9 Å². The number of nitrogen functional groups attached to an aromatic ring is 1. The molecule has 0 atom stereocenters. The highest BCUT2D eigenvalue weighted by Gasteiger charge is 2.19. The van der Waals surface area contributed by atoms with E-state index in [4.69, 9.17) is 15.9 Å². The summed E-state index contributed by atoms with van der Waals surface area (Å²) in [6.45, 7) is 1.52. The number of methoxy groups -OCH3 is 1. The minimum atomic E-state index is -0.163. The number of nitrogens with zero attached hydrogens (tertiary/aromatic N) is 1. The Kier molecular flexibility index (Phi) is 5.03. The van der Waals surface area contributed by atoms with Gasteiger partial charge in [-0.3, -0.25) is 5.41 Å². The first-order valence-corrected chi connectivity index (χ1v) is 7.21. The van der Waals surface area contributed by atoms with E-state index >= 15 is 0 Å². The average molecular weight is 290 g/mol. The van der Waals surface area contributed by atoms with Crippen molar-refractivity contribution in [1.29, 1.82) is 5.41 Å². The Bertz CT molecular complexity index is 522. The zero-order valence-electron chi connectivity index (χ0n) is 12.3. The summed E-state index contributed by atoms with van der Waals surface area (Å²) in [5.41, 5.74) is 6.51. The van der Waals surface area contributed by atoms with Crippen LogP contribution < -0.4 is 15.8 Å². The van der Waals surface area contributed by atoms with Crippen molar-refractivity contribution in [3.63, 3.8) is 0 Å². The van der Waals surface area contributed by atoms with E-state index in [1.54, 1.807) is 18.2 Å². The van der Waals surface area contributed by atoms with Crippen molar-refractivity contribution in [2.75, 3.05) is 25.5 Å². The second-order valence-corrected chi connectivity index (χ2v) is 5.13. The summed E-state index contributed by atoms with van der Waals surface area (Å²) in [5.74, 6) is 0.408. The molecule has 0 radical (unpaired) electrons.